The Kier molecular flexibility index (Phi) is 6.74. The normalized spacial score (nSPS) is 16.4. The van der Waals surface area contributed by atoms with Crippen LogP contribution in [0.1, 0.15) is 38.0 Å². The second kappa shape index (κ2) is 8.57. The summed E-state index contributed by atoms with van der Waals surface area (Å²) in [6.07, 6.45) is 4.55. The molecule has 21 heavy (non-hydrogen) atoms. The van der Waals surface area contributed by atoms with E-state index in [9.17, 15) is 0 Å². The van der Waals surface area contributed by atoms with Gasteiger partial charge in [-0.15, -0.1) is 0 Å². The van der Waals surface area contributed by atoms with Crippen molar-refractivity contribution >= 4 is 0 Å². The van der Waals surface area contributed by atoms with Gasteiger partial charge >= 0.3 is 0 Å². The van der Waals surface area contributed by atoms with Crippen LogP contribution >= 0.6 is 0 Å². The van der Waals surface area contributed by atoms with Gasteiger partial charge in [0.25, 0.3) is 0 Å². The van der Waals surface area contributed by atoms with E-state index in [1.165, 1.54) is 38.0 Å². The summed E-state index contributed by atoms with van der Waals surface area (Å²) in [5.74, 6) is 1.79. The van der Waals surface area contributed by atoms with E-state index in [1.54, 1.807) is 0 Å². The third-order valence-electron chi connectivity index (χ3n) is 4.12. The van der Waals surface area contributed by atoms with Crippen molar-refractivity contribution in [3.8, 4) is 0 Å². The Hall–Kier alpha value is -0.840. The molecule has 0 atom stereocenters. The van der Waals surface area contributed by atoms with Gasteiger partial charge in [-0.3, -0.25) is 4.90 Å². The molecule has 1 aromatic rings. The van der Waals surface area contributed by atoms with Gasteiger partial charge in [0, 0.05) is 25.2 Å². The first-order valence-electron chi connectivity index (χ1n) is 8.32. The standard InChI is InChI=1S/C17H31N3O/c1-15(2)12-18-13-16-6-11-21-17(16)14-19(3)9-10-20-7-4-5-8-20/h6,11,15,18H,4-5,7-10,12-14H2,1-3H3. The van der Waals surface area contributed by atoms with Crippen molar-refractivity contribution in [1.82, 2.24) is 15.1 Å². The van der Waals surface area contributed by atoms with Crippen molar-refractivity contribution in [2.45, 2.75) is 39.8 Å². The molecule has 0 amide bonds. The molecule has 1 aliphatic heterocycles. The largest absolute Gasteiger partial charge is 0.468 e. The Morgan fingerprint density at radius 3 is 2.81 bits per heavy atom. The maximum absolute atomic E-state index is 5.67. The minimum absolute atomic E-state index is 0.684. The smallest absolute Gasteiger partial charge is 0.122 e. The molecule has 2 rings (SSSR count). The summed E-state index contributed by atoms with van der Waals surface area (Å²) in [4.78, 5) is 4.92. The molecule has 0 spiro atoms. The van der Waals surface area contributed by atoms with Crippen LogP contribution in [0.3, 0.4) is 0 Å². The summed E-state index contributed by atoms with van der Waals surface area (Å²) in [6.45, 7) is 12.2. The lowest BCUT2D eigenvalue weighted by atomic mass is 10.2. The van der Waals surface area contributed by atoms with E-state index < -0.39 is 0 Å². The average Bonchev–Trinajstić information content (AvgIpc) is 3.08. The molecular weight excluding hydrogens is 262 g/mol. The fourth-order valence-corrected chi connectivity index (χ4v) is 2.80. The fraction of sp³-hybridized carbons (Fsp3) is 0.765. The Morgan fingerprint density at radius 1 is 1.33 bits per heavy atom. The zero-order chi connectivity index (χ0) is 15.1. The summed E-state index contributed by atoms with van der Waals surface area (Å²) < 4.78 is 5.67. The molecule has 2 heterocycles. The Morgan fingerprint density at radius 2 is 2.10 bits per heavy atom. The number of nitrogens with one attached hydrogen (secondary N) is 1. The first kappa shape index (κ1) is 16.5. The monoisotopic (exact) mass is 293 g/mol. The zero-order valence-electron chi connectivity index (χ0n) is 13.9. The van der Waals surface area contributed by atoms with Crippen molar-refractivity contribution in [3.05, 3.63) is 23.7 Å². The van der Waals surface area contributed by atoms with E-state index in [1.807, 2.05) is 6.26 Å². The van der Waals surface area contributed by atoms with Crippen LogP contribution in [-0.2, 0) is 13.1 Å². The van der Waals surface area contributed by atoms with E-state index in [-0.39, 0.29) is 0 Å². The molecule has 0 aromatic carbocycles. The maximum Gasteiger partial charge on any atom is 0.122 e. The lowest BCUT2D eigenvalue weighted by Crippen LogP contribution is -2.31. The van der Waals surface area contributed by atoms with Gasteiger partial charge in [-0.2, -0.15) is 0 Å². The number of hydrogen-bond acceptors (Lipinski definition) is 4. The molecule has 4 nitrogen and oxygen atoms in total. The number of nitrogens with zero attached hydrogens (tertiary/aromatic N) is 2. The molecule has 4 heteroatoms. The number of likely N-dealkylation sites (tertiary alicyclic amines) is 1. The highest BCUT2D eigenvalue weighted by atomic mass is 16.3. The van der Waals surface area contributed by atoms with Crippen molar-refractivity contribution in [2.24, 2.45) is 5.92 Å². The zero-order valence-corrected chi connectivity index (χ0v) is 13.9. The van der Waals surface area contributed by atoms with Gasteiger partial charge in [0.2, 0.25) is 0 Å². The van der Waals surface area contributed by atoms with E-state index in [4.69, 9.17) is 4.42 Å². The van der Waals surface area contributed by atoms with E-state index in [0.717, 1.165) is 31.9 Å². The Balaban J connectivity index is 1.72. The summed E-state index contributed by atoms with van der Waals surface area (Å²) in [6, 6.07) is 2.09. The third kappa shape index (κ3) is 5.81. The molecule has 0 unspecified atom stereocenters. The average molecular weight is 293 g/mol. The predicted molar refractivity (Wildman–Crippen MR) is 87.3 cm³/mol. The quantitative estimate of drug-likeness (QED) is 0.758. The maximum atomic E-state index is 5.67. The molecule has 120 valence electrons. The summed E-state index contributed by atoms with van der Waals surface area (Å²) in [5, 5.41) is 3.49. The summed E-state index contributed by atoms with van der Waals surface area (Å²) in [7, 11) is 2.18. The van der Waals surface area contributed by atoms with Gasteiger partial charge in [0.1, 0.15) is 5.76 Å². The first-order valence-corrected chi connectivity index (χ1v) is 8.32. The van der Waals surface area contributed by atoms with Crippen molar-refractivity contribution in [3.63, 3.8) is 0 Å². The summed E-state index contributed by atoms with van der Waals surface area (Å²) in [5.41, 5.74) is 1.30. The highest BCUT2D eigenvalue weighted by molar-refractivity contribution is 5.16. The minimum atomic E-state index is 0.684. The molecule has 1 saturated heterocycles. The number of rotatable bonds is 9. The third-order valence-corrected chi connectivity index (χ3v) is 4.12. The lowest BCUT2D eigenvalue weighted by molar-refractivity contribution is 0.238. The van der Waals surface area contributed by atoms with E-state index in [0.29, 0.717) is 5.92 Å². The topological polar surface area (TPSA) is 31.7 Å². The molecule has 1 N–H and O–H groups in total. The molecule has 1 aromatic heterocycles. The molecule has 1 fully saturated rings. The van der Waals surface area contributed by atoms with Crippen molar-refractivity contribution < 1.29 is 4.42 Å². The first-order chi connectivity index (χ1) is 10.1. The fourth-order valence-electron chi connectivity index (χ4n) is 2.80. The highest BCUT2D eigenvalue weighted by Gasteiger charge is 2.13. The van der Waals surface area contributed by atoms with Crippen LogP contribution in [0.4, 0.5) is 0 Å². The number of furan rings is 1. The van der Waals surface area contributed by atoms with Crippen LogP contribution in [0.5, 0.6) is 0 Å². The molecule has 0 aliphatic carbocycles. The molecule has 0 saturated carbocycles. The van der Waals surface area contributed by atoms with Crippen molar-refractivity contribution in [1.29, 1.82) is 0 Å². The number of hydrogen-bond donors (Lipinski definition) is 1. The van der Waals surface area contributed by atoms with Crippen molar-refractivity contribution in [2.75, 3.05) is 39.8 Å². The van der Waals surface area contributed by atoms with Gasteiger partial charge in [-0.05, 0) is 51.5 Å². The van der Waals surface area contributed by atoms with Gasteiger partial charge in [0.15, 0.2) is 0 Å². The van der Waals surface area contributed by atoms with E-state index >= 15 is 0 Å². The van der Waals surface area contributed by atoms with Crippen LogP contribution in [-0.4, -0.2) is 49.6 Å². The second-order valence-electron chi connectivity index (χ2n) is 6.68. The minimum Gasteiger partial charge on any atom is -0.468 e. The van der Waals surface area contributed by atoms with Crippen LogP contribution < -0.4 is 5.32 Å². The van der Waals surface area contributed by atoms with Gasteiger partial charge in [0.05, 0.1) is 12.8 Å². The lowest BCUT2D eigenvalue weighted by Gasteiger charge is -2.21. The molecular formula is C17H31N3O. The second-order valence-corrected chi connectivity index (χ2v) is 6.68. The summed E-state index contributed by atoms with van der Waals surface area (Å²) >= 11 is 0. The Labute approximate surface area is 129 Å². The molecule has 0 radical (unpaired) electrons. The van der Waals surface area contributed by atoms with Crippen LogP contribution in [0.25, 0.3) is 0 Å². The molecule has 0 bridgehead atoms. The Bertz CT molecular complexity index is 396. The van der Waals surface area contributed by atoms with Gasteiger partial charge in [-0.25, -0.2) is 0 Å². The van der Waals surface area contributed by atoms with E-state index in [2.05, 4.69) is 42.1 Å². The van der Waals surface area contributed by atoms with Gasteiger partial charge in [-0.1, -0.05) is 13.8 Å². The van der Waals surface area contributed by atoms with Crippen LogP contribution in [0.2, 0.25) is 0 Å². The van der Waals surface area contributed by atoms with Gasteiger partial charge < -0.3 is 14.6 Å². The molecule has 1 aliphatic rings. The highest BCUT2D eigenvalue weighted by Crippen LogP contribution is 2.13. The SMILES string of the molecule is CC(C)CNCc1ccoc1CN(C)CCN1CCCC1. The van der Waals surface area contributed by atoms with Crippen LogP contribution in [0.15, 0.2) is 16.7 Å². The predicted octanol–water partition coefficient (Wildman–Crippen LogP) is 2.55. The van der Waals surface area contributed by atoms with Crippen LogP contribution in [0, 0.1) is 5.92 Å². The number of likely N-dealkylation sites (N-methyl/N-ethyl adjacent to an activating group) is 1.